The zero-order valence-electron chi connectivity index (χ0n) is 18.9. The van der Waals surface area contributed by atoms with Crippen molar-refractivity contribution in [3.05, 3.63) is 65.9 Å². The summed E-state index contributed by atoms with van der Waals surface area (Å²) in [6, 6.07) is 16.0. The highest BCUT2D eigenvalue weighted by molar-refractivity contribution is 14.0. The van der Waals surface area contributed by atoms with Gasteiger partial charge >= 0.3 is 6.03 Å². The molecule has 7 nitrogen and oxygen atoms in total. The standard InChI is InChI=1S/C24H32N6O.HI/c1-4-25-23(26-14-13-19-16-27-22-8-6-5-7-21(19)22)28-15-18-9-11-20(12-10-18)30-24(31)29-17(2)3;/h5-12,16-17,27H,4,13-15H2,1-3H3,(H2,25,26,28)(H2,29,30,31);1H. The molecule has 2 aromatic carbocycles. The summed E-state index contributed by atoms with van der Waals surface area (Å²) in [5.41, 5.74) is 4.29. The Kier molecular flexibility index (Phi) is 10.3. The van der Waals surface area contributed by atoms with Gasteiger partial charge in [0.25, 0.3) is 0 Å². The smallest absolute Gasteiger partial charge is 0.319 e. The molecule has 3 aromatic rings. The van der Waals surface area contributed by atoms with Gasteiger partial charge in [-0.25, -0.2) is 9.79 Å². The summed E-state index contributed by atoms with van der Waals surface area (Å²) in [7, 11) is 0. The molecule has 32 heavy (non-hydrogen) atoms. The fourth-order valence-electron chi connectivity index (χ4n) is 3.29. The predicted molar refractivity (Wildman–Crippen MR) is 144 cm³/mol. The fraction of sp³-hybridized carbons (Fsp3) is 0.333. The van der Waals surface area contributed by atoms with Gasteiger partial charge in [0, 0.05) is 41.9 Å². The minimum Gasteiger partial charge on any atom is -0.361 e. The van der Waals surface area contributed by atoms with E-state index in [1.807, 2.05) is 44.2 Å². The first-order valence-electron chi connectivity index (χ1n) is 10.8. The highest BCUT2D eigenvalue weighted by Gasteiger charge is 2.05. The van der Waals surface area contributed by atoms with E-state index >= 15 is 0 Å². The van der Waals surface area contributed by atoms with Gasteiger partial charge in [-0.1, -0.05) is 30.3 Å². The molecule has 0 aliphatic carbocycles. The molecule has 0 saturated heterocycles. The van der Waals surface area contributed by atoms with E-state index in [-0.39, 0.29) is 36.0 Å². The lowest BCUT2D eigenvalue weighted by molar-refractivity contribution is 0.250. The largest absolute Gasteiger partial charge is 0.361 e. The third kappa shape index (κ3) is 7.74. The van der Waals surface area contributed by atoms with Gasteiger partial charge in [0.05, 0.1) is 6.54 Å². The van der Waals surface area contributed by atoms with Crippen LogP contribution in [0.25, 0.3) is 10.9 Å². The zero-order valence-corrected chi connectivity index (χ0v) is 21.2. The van der Waals surface area contributed by atoms with Crippen molar-refractivity contribution in [2.45, 2.75) is 39.8 Å². The average Bonchev–Trinajstić information content (AvgIpc) is 3.15. The number of fused-ring (bicyclic) bond motifs is 1. The SMILES string of the molecule is CCNC(=NCc1ccc(NC(=O)NC(C)C)cc1)NCCc1c[nH]c2ccccc12.I. The molecular weight excluding hydrogens is 515 g/mol. The minimum absolute atomic E-state index is 0. The molecule has 0 saturated carbocycles. The van der Waals surface area contributed by atoms with Crippen LogP contribution in [-0.4, -0.2) is 36.1 Å². The molecule has 0 aliphatic rings. The molecular formula is C24H33IN6O. The summed E-state index contributed by atoms with van der Waals surface area (Å²) < 4.78 is 0. The third-order valence-corrected chi connectivity index (χ3v) is 4.76. The molecule has 0 radical (unpaired) electrons. The number of halogens is 1. The van der Waals surface area contributed by atoms with E-state index in [1.54, 1.807) is 0 Å². The fourth-order valence-corrected chi connectivity index (χ4v) is 3.29. The molecule has 1 heterocycles. The van der Waals surface area contributed by atoms with E-state index in [4.69, 9.17) is 0 Å². The molecule has 0 aliphatic heterocycles. The van der Waals surface area contributed by atoms with Crippen LogP contribution in [0.4, 0.5) is 10.5 Å². The van der Waals surface area contributed by atoms with Crippen molar-refractivity contribution in [3.63, 3.8) is 0 Å². The van der Waals surface area contributed by atoms with Gasteiger partial charge in [0.15, 0.2) is 5.96 Å². The number of benzene rings is 2. The number of aromatic amines is 1. The Morgan fingerprint density at radius 3 is 2.53 bits per heavy atom. The van der Waals surface area contributed by atoms with Crippen LogP contribution in [-0.2, 0) is 13.0 Å². The van der Waals surface area contributed by atoms with Crippen molar-refractivity contribution < 1.29 is 4.79 Å². The summed E-state index contributed by atoms with van der Waals surface area (Å²) in [5, 5.41) is 13.6. The number of nitrogens with zero attached hydrogens (tertiary/aromatic N) is 1. The second-order valence-electron chi connectivity index (χ2n) is 7.68. The first kappa shape index (κ1) is 25.5. The van der Waals surface area contributed by atoms with Gasteiger partial charge in [-0.3, -0.25) is 0 Å². The topological polar surface area (TPSA) is 93.3 Å². The van der Waals surface area contributed by atoms with Crippen LogP contribution in [0, 0.1) is 0 Å². The molecule has 0 unspecified atom stereocenters. The molecule has 0 spiro atoms. The van der Waals surface area contributed by atoms with Gasteiger partial charge < -0.3 is 26.3 Å². The van der Waals surface area contributed by atoms with Crippen LogP contribution in [0.5, 0.6) is 0 Å². The highest BCUT2D eigenvalue weighted by atomic mass is 127. The van der Waals surface area contributed by atoms with Gasteiger partial charge in [-0.05, 0) is 56.5 Å². The number of para-hydroxylation sites is 1. The second kappa shape index (κ2) is 12.9. The first-order valence-corrected chi connectivity index (χ1v) is 10.8. The lowest BCUT2D eigenvalue weighted by atomic mass is 10.1. The van der Waals surface area contributed by atoms with E-state index < -0.39 is 0 Å². The molecule has 0 fully saturated rings. The Morgan fingerprint density at radius 1 is 1.06 bits per heavy atom. The normalized spacial score (nSPS) is 11.2. The molecule has 8 heteroatoms. The molecule has 0 bridgehead atoms. The van der Waals surface area contributed by atoms with Gasteiger partial charge in [0.2, 0.25) is 0 Å². The van der Waals surface area contributed by atoms with Gasteiger partial charge in [0.1, 0.15) is 0 Å². The molecule has 5 N–H and O–H groups in total. The lowest BCUT2D eigenvalue weighted by Crippen LogP contribution is -2.38. The van der Waals surface area contributed by atoms with Crippen molar-refractivity contribution in [2.24, 2.45) is 4.99 Å². The van der Waals surface area contributed by atoms with Crippen LogP contribution in [0.1, 0.15) is 31.9 Å². The number of anilines is 1. The quantitative estimate of drug-likeness (QED) is 0.162. The number of urea groups is 1. The van der Waals surface area contributed by atoms with Gasteiger partial charge in [-0.2, -0.15) is 0 Å². The summed E-state index contributed by atoms with van der Waals surface area (Å²) in [5.74, 6) is 0.792. The summed E-state index contributed by atoms with van der Waals surface area (Å²) in [6.45, 7) is 8.06. The Hall–Kier alpha value is -2.75. The van der Waals surface area contributed by atoms with Crippen molar-refractivity contribution in [2.75, 3.05) is 18.4 Å². The number of guanidine groups is 1. The number of aromatic nitrogens is 1. The van der Waals surface area contributed by atoms with Crippen molar-refractivity contribution in [1.29, 1.82) is 0 Å². The molecule has 3 rings (SSSR count). The molecule has 2 amide bonds. The van der Waals surface area contributed by atoms with E-state index in [9.17, 15) is 4.79 Å². The van der Waals surface area contributed by atoms with E-state index in [0.717, 1.165) is 42.2 Å². The third-order valence-electron chi connectivity index (χ3n) is 4.76. The van der Waals surface area contributed by atoms with Crippen LogP contribution in [0.3, 0.4) is 0 Å². The summed E-state index contributed by atoms with van der Waals surface area (Å²) in [4.78, 5) is 19.8. The number of amides is 2. The minimum atomic E-state index is -0.199. The van der Waals surface area contributed by atoms with E-state index in [1.165, 1.54) is 10.9 Å². The van der Waals surface area contributed by atoms with Crippen LogP contribution in [0.15, 0.2) is 59.7 Å². The number of hydrogen-bond acceptors (Lipinski definition) is 2. The van der Waals surface area contributed by atoms with E-state index in [2.05, 4.69) is 62.6 Å². The number of nitrogens with one attached hydrogen (secondary N) is 5. The van der Waals surface area contributed by atoms with Gasteiger partial charge in [-0.15, -0.1) is 24.0 Å². The van der Waals surface area contributed by atoms with Crippen molar-refractivity contribution >= 4 is 52.6 Å². The summed E-state index contributed by atoms with van der Waals surface area (Å²) >= 11 is 0. The number of rotatable bonds is 8. The van der Waals surface area contributed by atoms with Crippen molar-refractivity contribution in [1.82, 2.24) is 20.9 Å². The highest BCUT2D eigenvalue weighted by Crippen LogP contribution is 2.17. The van der Waals surface area contributed by atoms with Crippen molar-refractivity contribution in [3.8, 4) is 0 Å². The van der Waals surface area contributed by atoms with E-state index in [0.29, 0.717) is 6.54 Å². The second-order valence-corrected chi connectivity index (χ2v) is 7.68. The van der Waals surface area contributed by atoms with Crippen LogP contribution < -0.4 is 21.3 Å². The monoisotopic (exact) mass is 548 g/mol. The molecule has 0 atom stereocenters. The number of carbonyl (C=O) groups is 1. The zero-order chi connectivity index (χ0) is 22.1. The Balaban J connectivity index is 0.00000363. The number of H-pyrrole nitrogens is 1. The van der Waals surface area contributed by atoms with Crippen LogP contribution >= 0.6 is 24.0 Å². The lowest BCUT2D eigenvalue weighted by Gasteiger charge is -2.12. The van der Waals surface area contributed by atoms with Crippen LogP contribution in [0.2, 0.25) is 0 Å². The Labute approximate surface area is 206 Å². The predicted octanol–water partition coefficient (Wildman–Crippen LogP) is 4.61. The first-order chi connectivity index (χ1) is 15.0. The Morgan fingerprint density at radius 2 is 1.81 bits per heavy atom. The number of carbonyl (C=O) groups excluding carboxylic acids is 1. The Bertz CT molecular complexity index is 1010. The average molecular weight is 548 g/mol. The maximum atomic E-state index is 11.8. The maximum absolute atomic E-state index is 11.8. The maximum Gasteiger partial charge on any atom is 0.319 e. The molecule has 172 valence electrons. The summed E-state index contributed by atoms with van der Waals surface area (Å²) in [6.07, 6.45) is 2.99. The number of hydrogen-bond donors (Lipinski definition) is 5. The molecule has 1 aromatic heterocycles. The number of aliphatic imine (C=N–C) groups is 1.